The lowest BCUT2D eigenvalue weighted by molar-refractivity contribution is 1.28. The molecule has 0 aliphatic heterocycles. The minimum Gasteiger partial charge on any atom is -0.311 e. The van der Waals surface area contributed by atoms with Gasteiger partial charge in [0.15, 0.2) is 0 Å². The van der Waals surface area contributed by atoms with Crippen LogP contribution in [0.25, 0.3) is 65.3 Å². The number of hydrogen-bond acceptors (Lipinski definition) is 1. The summed E-state index contributed by atoms with van der Waals surface area (Å²) in [7, 11) is 0. The predicted octanol–water partition coefficient (Wildman–Crippen LogP) is 13.7. The van der Waals surface area contributed by atoms with Gasteiger partial charge in [-0.3, -0.25) is 0 Å². The molecule has 1 nitrogen and oxygen atoms in total. The van der Waals surface area contributed by atoms with Crippen molar-refractivity contribution >= 4 is 83.3 Å². The highest BCUT2D eigenvalue weighted by Crippen LogP contribution is 2.49. The summed E-state index contributed by atoms with van der Waals surface area (Å²) in [5.74, 6) is 0. The molecule has 0 radical (unpaired) electrons. The van der Waals surface area contributed by atoms with Crippen LogP contribution in [0.2, 0.25) is 0 Å². The summed E-state index contributed by atoms with van der Waals surface area (Å²) in [6.07, 6.45) is 0. The van der Waals surface area contributed by atoms with Gasteiger partial charge in [0, 0.05) is 17.1 Å². The van der Waals surface area contributed by atoms with Crippen LogP contribution in [0.3, 0.4) is 0 Å². The minimum absolute atomic E-state index is 0.158. The van der Waals surface area contributed by atoms with Crippen LogP contribution in [0.4, 0.5) is 17.1 Å². The predicted molar refractivity (Wildman–Crippen MR) is 260 cm³/mol. The summed E-state index contributed by atoms with van der Waals surface area (Å²) in [5.41, 5.74) is 14.9. The van der Waals surface area contributed by atoms with E-state index in [1.165, 1.54) is 92.9 Å². The molecule has 0 spiro atoms. The lowest BCUT2D eigenvalue weighted by Crippen LogP contribution is -2.51. The Kier molecular flexibility index (Phi) is 8.78. The van der Waals surface area contributed by atoms with Crippen molar-refractivity contribution in [3.8, 4) is 22.3 Å². The van der Waals surface area contributed by atoms with Crippen molar-refractivity contribution in [3.05, 3.63) is 230 Å². The Morgan fingerprint density at radius 1 is 0.300 bits per heavy atom. The van der Waals surface area contributed by atoms with Crippen LogP contribution < -0.4 is 21.3 Å². The van der Waals surface area contributed by atoms with Crippen LogP contribution in [0.1, 0.15) is 11.1 Å². The number of nitrogens with zero attached hydrogens (tertiary/aromatic N) is 1. The second-order valence-electron chi connectivity index (χ2n) is 16.1. The molecule has 11 rings (SSSR count). The van der Waals surface area contributed by atoms with E-state index in [2.05, 4.69) is 237 Å². The first-order valence-corrected chi connectivity index (χ1v) is 21.0. The average molecular weight is 764 g/mol. The van der Waals surface area contributed by atoms with Crippen LogP contribution in [-0.4, -0.2) is 6.71 Å². The normalized spacial score (nSPS) is 11.5. The van der Waals surface area contributed by atoms with E-state index in [0.717, 1.165) is 17.1 Å². The van der Waals surface area contributed by atoms with Crippen molar-refractivity contribution in [3.63, 3.8) is 0 Å². The molecule has 0 saturated carbocycles. The summed E-state index contributed by atoms with van der Waals surface area (Å²) in [4.78, 5) is 2.33. The highest BCUT2D eigenvalue weighted by molar-refractivity contribution is 6.95. The Morgan fingerprint density at radius 3 is 1.30 bits per heavy atom. The number of anilines is 3. The number of aryl methyl sites for hydroxylation is 2. The first-order chi connectivity index (χ1) is 29.6. The third kappa shape index (κ3) is 5.95. The van der Waals surface area contributed by atoms with E-state index >= 15 is 0 Å². The van der Waals surface area contributed by atoms with Crippen molar-refractivity contribution < 1.29 is 0 Å². The monoisotopic (exact) mass is 763 g/mol. The van der Waals surface area contributed by atoms with Gasteiger partial charge in [0.1, 0.15) is 0 Å². The van der Waals surface area contributed by atoms with Crippen LogP contribution in [-0.2, 0) is 0 Å². The van der Waals surface area contributed by atoms with Gasteiger partial charge in [0.2, 0.25) is 6.71 Å². The van der Waals surface area contributed by atoms with Gasteiger partial charge in [-0.25, -0.2) is 0 Å². The van der Waals surface area contributed by atoms with E-state index in [-0.39, 0.29) is 6.71 Å². The largest absolute Gasteiger partial charge is 0.311 e. The van der Waals surface area contributed by atoms with Gasteiger partial charge in [0.25, 0.3) is 0 Å². The van der Waals surface area contributed by atoms with Gasteiger partial charge in [-0.2, -0.15) is 0 Å². The summed E-state index contributed by atoms with van der Waals surface area (Å²) in [6.45, 7) is 4.74. The SMILES string of the molecule is Cc1cc(-c2ccc(N(c3ccccc3)c3ccccc3)cc2)c2c3ccccc3c3c(C)cc(-c4ccc(B(c5ccccc5)c5ccccc5)cc4)c4ccc1c2c43. The molecule has 0 saturated heterocycles. The molecule has 0 amide bonds. The Labute approximate surface area is 352 Å². The summed E-state index contributed by atoms with van der Waals surface area (Å²) in [5, 5.41) is 10.6. The summed E-state index contributed by atoms with van der Waals surface area (Å²) in [6, 6.07) is 80.2. The standard InChI is InChI=1S/C58H42BN/c1-39-37-54(42-29-33-48(34-30-42)60(46-21-11-5-12-22-46)47-23-13-6-14-24-47)56-51-26-16-15-25-50(51)55-40(2)38-53(52-36-35-49(39)57(56)58(52)55)41-27-31-45(32-28-41)59(43-17-7-3-8-18-43)44-19-9-4-10-20-44/h3-38H,1-2H3. The molecule has 0 unspecified atom stereocenters. The summed E-state index contributed by atoms with van der Waals surface area (Å²) >= 11 is 0. The van der Waals surface area contributed by atoms with E-state index in [1.54, 1.807) is 0 Å². The van der Waals surface area contributed by atoms with E-state index < -0.39 is 0 Å². The molecule has 60 heavy (non-hydrogen) atoms. The molecule has 0 bridgehead atoms. The number of fused-ring (bicyclic) bond motifs is 3. The fourth-order valence-corrected chi connectivity index (χ4v) is 9.87. The van der Waals surface area contributed by atoms with E-state index in [9.17, 15) is 0 Å². The molecule has 0 atom stereocenters. The number of hydrogen-bond donors (Lipinski definition) is 0. The highest BCUT2D eigenvalue weighted by Gasteiger charge is 2.24. The van der Waals surface area contributed by atoms with Gasteiger partial charge < -0.3 is 4.90 Å². The van der Waals surface area contributed by atoms with Gasteiger partial charge in [-0.1, -0.05) is 198 Å². The molecule has 0 aromatic heterocycles. The third-order valence-electron chi connectivity index (χ3n) is 12.6. The molecule has 0 fully saturated rings. The average Bonchev–Trinajstić information content (AvgIpc) is 3.31. The topological polar surface area (TPSA) is 3.24 Å². The molecule has 2 heteroatoms. The van der Waals surface area contributed by atoms with Gasteiger partial charge in [0.05, 0.1) is 0 Å². The molecule has 11 aromatic carbocycles. The molecule has 0 aliphatic carbocycles. The fourth-order valence-electron chi connectivity index (χ4n) is 9.87. The third-order valence-corrected chi connectivity index (χ3v) is 12.6. The van der Waals surface area contributed by atoms with E-state index in [1.807, 2.05) is 0 Å². The van der Waals surface area contributed by atoms with Crippen molar-refractivity contribution in [2.45, 2.75) is 13.8 Å². The molecule has 282 valence electrons. The van der Waals surface area contributed by atoms with Gasteiger partial charge >= 0.3 is 0 Å². The molecular formula is C58H42BN. The number of rotatable bonds is 8. The highest BCUT2D eigenvalue weighted by atomic mass is 15.1. The van der Waals surface area contributed by atoms with Crippen LogP contribution >= 0.6 is 0 Å². The Balaban J connectivity index is 1.09. The number of benzene rings is 11. The first-order valence-electron chi connectivity index (χ1n) is 21.0. The zero-order valence-corrected chi connectivity index (χ0v) is 33.8. The Hall–Kier alpha value is -7.42. The molecule has 0 aliphatic rings. The number of para-hydroxylation sites is 2. The van der Waals surface area contributed by atoms with Crippen molar-refractivity contribution in [1.82, 2.24) is 0 Å². The van der Waals surface area contributed by atoms with Crippen molar-refractivity contribution in [1.29, 1.82) is 0 Å². The maximum Gasteiger partial charge on any atom is 0.241 e. The maximum absolute atomic E-state index is 2.42. The molecule has 0 heterocycles. The van der Waals surface area contributed by atoms with Crippen molar-refractivity contribution in [2.75, 3.05) is 4.90 Å². The lowest BCUT2D eigenvalue weighted by Gasteiger charge is -2.26. The van der Waals surface area contributed by atoms with Gasteiger partial charge in [-0.05, 0) is 127 Å². The lowest BCUT2D eigenvalue weighted by atomic mass is 9.37. The maximum atomic E-state index is 2.42. The van der Waals surface area contributed by atoms with Crippen LogP contribution in [0.15, 0.2) is 218 Å². The van der Waals surface area contributed by atoms with Gasteiger partial charge in [-0.15, -0.1) is 0 Å². The second kappa shape index (κ2) is 14.8. The summed E-state index contributed by atoms with van der Waals surface area (Å²) < 4.78 is 0. The zero-order chi connectivity index (χ0) is 40.2. The second-order valence-corrected chi connectivity index (χ2v) is 16.1. The van der Waals surface area contributed by atoms with E-state index in [4.69, 9.17) is 0 Å². The zero-order valence-electron chi connectivity index (χ0n) is 33.8. The van der Waals surface area contributed by atoms with Crippen LogP contribution in [0.5, 0.6) is 0 Å². The fraction of sp³-hybridized carbons (Fsp3) is 0.0345. The van der Waals surface area contributed by atoms with E-state index in [0.29, 0.717) is 0 Å². The van der Waals surface area contributed by atoms with Crippen LogP contribution in [0, 0.1) is 13.8 Å². The molecule has 0 N–H and O–H groups in total. The Bertz CT molecular complexity index is 3210. The smallest absolute Gasteiger partial charge is 0.241 e. The quantitative estimate of drug-likeness (QED) is 0.0846. The first kappa shape index (κ1) is 35.7. The van der Waals surface area contributed by atoms with Crippen molar-refractivity contribution in [2.24, 2.45) is 0 Å². The molecule has 11 aromatic rings. The minimum atomic E-state index is 0.158. The molecular weight excluding hydrogens is 721 g/mol. The Morgan fingerprint density at radius 2 is 0.717 bits per heavy atom.